The van der Waals surface area contributed by atoms with Crippen molar-refractivity contribution < 1.29 is 9.53 Å². The number of anilines is 2. The molecule has 188 valence electrons. The number of hydrogen-bond donors (Lipinski definition) is 1. The Morgan fingerprint density at radius 1 is 1.19 bits per heavy atom. The van der Waals surface area contributed by atoms with Gasteiger partial charge in [-0.15, -0.1) is 0 Å². The van der Waals surface area contributed by atoms with Gasteiger partial charge in [-0.2, -0.15) is 15.6 Å². The molecule has 5 rings (SSSR count). The first-order chi connectivity index (χ1) is 18.0. The van der Waals surface area contributed by atoms with E-state index in [-0.39, 0.29) is 17.9 Å². The van der Waals surface area contributed by atoms with E-state index in [0.717, 1.165) is 24.1 Å². The predicted molar refractivity (Wildman–Crippen MR) is 135 cm³/mol. The molecule has 1 aliphatic carbocycles. The molecular weight excluding hydrogens is 468 g/mol. The molecule has 10 heteroatoms. The van der Waals surface area contributed by atoms with Gasteiger partial charge in [0.05, 0.1) is 48.0 Å². The van der Waals surface area contributed by atoms with Crippen molar-refractivity contribution in [1.82, 2.24) is 24.6 Å². The number of methoxy groups -OCH3 is 1. The highest BCUT2D eigenvalue weighted by Crippen LogP contribution is 2.46. The number of carbonyl (C=O) groups excluding carboxylic acids is 1. The van der Waals surface area contributed by atoms with Crippen LogP contribution < -0.4 is 5.32 Å². The van der Waals surface area contributed by atoms with Crippen LogP contribution in [-0.4, -0.2) is 56.9 Å². The maximum absolute atomic E-state index is 12.8. The molecule has 0 spiro atoms. The number of nitrogens with zero attached hydrogens (tertiary/aromatic N) is 7. The molecule has 1 saturated carbocycles. The fourth-order valence-corrected chi connectivity index (χ4v) is 5.10. The van der Waals surface area contributed by atoms with Crippen LogP contribution >= 0.6 is 0 Å². The van der Waals surface area contributed by atoms with Crippen LogP contribution in [0.25, 0.3) is 11.3 Å². The number of benzene rings is 1. The van der Waals surface area contributed by atoms with Crippen LogP contribution in [0.5, 0.6) is 0 Å². The first-order valence-corrected chi connectivity index (χ1v) is 12.4. The molecule has 0 radical (unpaired) electrons. The first-order valence-electron chi connectivity index (χ1n) is 12.4. The monoisotopic (exact) mass is 496 g/mol. The van der Waals surface area contributed by atoms with E-state index in [1.807, 2.05) is 40.0 Å². The van der Waals surface area contributed by atoms with E-state index in [0.29, 0.717) is 49.6 Å². The van der Waals surface area contributed by atoms with Crippen LogP contribution in [0.1, 0.15) is 42.5 Å². The fourth-order valence-electron chi connectivity index (χ4n) is 5.10. The van der Waals surface area contributed by atoms with Crippen LogP contribution in [0.2, 0.25) is 0 Å². The van der Waals surface area contributed by atoms with Gasteiger partial charge in [-0.05, 0) is 56.0 Å². The molecule has 3 heterocycles. The Labute approximate surface area is 215 Å². The van der Waals surface area contributed by atoms with Crippen molar-refractivity contribution in [2.75, 3.05) is 25.5 Å². The lowest BCUT2D eigenvalue weighted by Gasteiger charge is -2.43. The maximum Gasteiger partial charge on any atom is 0.253 e. The van der Waals surface area contributed by atoms with Crippen LogP contribution in [0, 0.1) is 28.6 Å². The van der Waals surface area contributed by atoms with E-state index in [4.69, 9.17) is 4.74 Å². The number of nitriles is 2. The minimum absolute atomic E-state index is 0.0260. The summed E-state index contributed by atoms with van der Waals surface area (Å²) in [5.41, 5.74) is 2.48. The van der Waals surface area contributed by atoms with Gasteiger partial charge in [0.1, 0.15) is 0 Å². The second-order valence-corrected chi connectivity index (χ2v) is 9.66. The summed E-state index contributed by atoms with van der Waals surface area (Å²) < 4.78 is 7.20. The molecule has 1 amide bonds. The third-order valence-electron chi connectivity index (χ3n) is 7.31. The van der Waals surface area contributed by atoms with Crippen molar-refractivity contribution in [3.8, 4) is 23.4 Å². The van der Waals surface area contributed by atoms with Crippen LogP contribution in [0.15, 0.2) is 48.9 Å². The van der Waals surface area contributed by atoms with Crippen molar-refractivity contribution in [1.29, 1.82) is 10.5 Å². The van der Waals surface area contributed by atoms with E-state index in [1.54, 1.807) is 25.6 Å². The molecule has 1 N–H and O–H groups in total. The molecule has 1 aromatic carbocycles. The zero-order valence-electron chi connectivity index (χ0n) is 20.7. The van der Waals surface area contributed by atoms with Gasteiger partial charge in [0.25, 0.3) is 5.91 Å². The average molecular weight is 497 g/mol. The normalized spacial score (nSPS) is 21.5. The summed E-state index contributed by atoms with van der Waals surface area (Å²) in [6.45, 7) is 1.40. The number of amides is 1. The smallest absolute Gasteiger partial charge is 0.253 e. The van der Waals surface area contributed by atoms with E-state index in [9.17, 15) is 15.3 Å². The molecular formula is C27H28N8O2. The summed E-state index contributed by atoms with van der Waals surface area (Å²) in [7, 11) is 1.72. The van der Waals surface area contributed by atoms with Crippen molar-refractivity contribution in [2.24, 2.45) is 5.92 Å². The zero-order chi connectivity index (χ0) is 25.8. The Kier molecular flexibility index (Phi) is 6.85. The van der Waals surface area contributed by atoms with E-state index >= 15 is 0 Å². The Morgan fingerprint density at radius 3 is 2.62 bits per heavy atom. The van der Waals surface area contributed by atoms with Crippen molar-refractivity contribution in [3.63, 3.8) is 0 Å². The number of rotatable bonds is 7. The van der Waals surface area contributed by atoms with Gasteiger partial charge >= 0.3 is 0 Å². The molecule has 1 aliphatic heterocycles. The number of carbonyl (C=O) groups is 1. The van der Waals surface area contributed by atoms with Gasteiger partial charge in [-0.1, -0.05) is 0 Å². The number of hydrogen-bond acceptors (Lipinski definition) is 8. The molecule has 0 unspecified atom stereocenters. The van der Waals surface area contributed by atoms with Crippen LogP contribution in [0.3, 0.4) is 0 Å². The summed E-state index contributed by atoms with van der Waals surface area (Å²) in [5.74, 6) is 0.407. The zero-order valence-corrected chi connectivity index (χ0v) is 20.7. The molecule has 2 fully saturated rings. The van der Waals surface area contributed by atoms with Crippen LogP contribution in [-0.2, 0) is 10.3 Å². The van der Waals surface area contributed by atoms with Gasteiger partial charge in [0, 0.05) is 49.4 Å². The highest BCUT2D eigenvalue weighted by atomic mass is 16.5. The molecule has 0 atom stereocenters. The number of aromatic nitrogens is 4. The third-order valence-corrected chi connectivity index (χ3v) is 7.31. The topological polar surface area (TPSA) is 133 Å². The lowest BCUT2D eigenvalue weighted by molar-refractivity contribution is 0.0351. The predicted octanol–water partition coefficient (Wildman–Crippen LogP) is 3.88. The number of nitrogens with one attached hydrogen (secondary N) is 1. The van der Waals surface area contributed by atoms with Crippen molar-refractivity contribution in [2.45, 2.75) is 43.7 Å². The number of likely N-dealkylation sites (tertiary alicyclic amines) is 1. The molecule has 3 aromatic rings. The largest absolute Gasteiger partial charge is 0.381 e. The average Bonchev–Trinajstić information content (AvgIpc) is 3.41. The Hall–Kier alpha value is -4.28. The lowest BCUT2D eigenvalue weighted by Crippen LogP contribution is -2.46. The van der Waals surface area contributed by atoms with Crippen LogP contribution in [0.4, 0.5) is 11.6 Å². The summed E-state index contributed by atoms with van der Waals surface area (Å²) in [6.07, 6.45) is 8.78. The third kappa shape index (κ3) is 5.02. The molecule has 2 aromatic heterocycles. The lowest BCUT2D eigenvalue weighted by atomic mass is 9.67. The second kappa shape index (κ2) is 10.4. The maximum atomic E-state index is 12.8. The molecule has 2 aliphatic rings. The van der Waals surface area contributed by atoms with Gasteiger partial charge in [0.2, 0.25) is 5.95 Å². The van der Waals surface area contributed by atoms with Crippen molar-refractivity contribution >= 4 is 17.5 Å². The molecule has 1 saturated heterocycles. The first kappa shape index (κ1) is 24.4. The fraction of sp³-hybridized carbons (Fsp3) is 0.407. The minimum atomic E-state index is -0.430. The Morgan fingerprint density at radius 2 is 1.95 bits per heavy atom. The molecule has 10 nitrogen and oxygen atoms in total. The highest BCUT2D eigenvalue weighted by molar-refractivity contribution is 5.94. The molecule has 37 heavy (non-hydrogen) atoms. The summed E-state index contributed by atoms with van der Waals surface area (Å²) in [6, 6.07) is 13.6. The van der Waals surface area contributed by atoms with Crippen molar-refractivity contribution in [3.05, 3.63) is 54.5 Å². The van der Waals surface area contributed by atoms with E-state index in [1.165, 1.54) is 0 Å². The van der Waals surface area contributed by atoms with Gasteiger partial charge in [-0.3, -0.25) is 9.48 Å². The minimum Gasteiger partial charge on any atom is -0.381 e. The highest BCUT2D eigenvalue weighted by Gasteiger charge is 2.46. The van der Waals surface area contributed by atoms with Gasteiger partial charge in [0.15, 0.2) is 0 Å². The number of piperidine rings is 1. The number of ether oxygens (including phenoxy) is 1. The standard InChI is InChI=1S/C27H28N8O2/c1-37-23-7-12-34(13-8-23)25(36)20-2-4-22(5-3-20)32-26-30-11-6-24(33-26)21-17-31-35(18-21)27(9-10-28)14-19(15-27)16-29/h2-6,11,17-19,23H,7-9,12-15H2,1H3,(H,30,32,33). The van der Waals surface area contributed by atoms with Gasteiger partial charge in [-0.25, -0.2) is 9.97 Å². The van der Waals surface area contributed by atoms with E-state index in [2.05, 4.69) is 32.5 Å². The quantitative estimate of drug-likeness (QED) is 0.521. The SMILES string of the molecule is COC1CCN(C(=O)c2ccc(Nc3nccc(-c4cnn(C5(CC#N)CC(C#N)C5)c4)n3)cc2)CC1. The summed E-state index contributed by atoms with van der Waals surface area (Å²) in [5, 5.41) is 26.2. The summed E-state index contributed by atoms with van der Waals surface area (Å²) >= 11 is 0. The van der Waals surface area contributed by atoms with Gasteiger partial charge < -0.3 is 15.0 Å². The second-order valence-electron chi connectivity index (χ2n) is 9.66. The Bertz CT molecular complexity index is 1340. The van der Waals surface area contributed by atoms with E-state index < -0.39 is 5.54 Å². The summed E-state index contributed by atoms with van der Waals surface area (Å²) in [4.78, 5) is 23.7. The Balaban J connectivity index is 1.25. The molecule has 0 bridgehead atoms.